The molecule has 0 aliphatic heterocycles. The molecule has 0 unspecified atom stereocenters. The van der Waals surface area contributed by atoms with Crippen LogP contribution in [0.3, 0.4) is 0 Å². The zero-order chi connectivity index (χ0) is 14.9. The maximum Gasteiger partial charge on any atom is 0.128 e. The summed E-state index contributed by atoms with van der Waals surface area (Å²) in [5.41, 5.74) is 3.83. The molecule has 0 spiro atoms. The zero-order valence-electron chi connectivity index (χ0n) is 12.9. The fraction of sp³-hybridized carbons (Fsp3) is 0.389. The summed E-state index contributed by atoms with van der Waals surface area (Å²) in [5, 5.41) is 4.44. The molecule has 0 amide bonds. The molecule has 0 saturated heterocycles. The molecule has 2 N–H and O–H groups in total. The van der Waals surface area contributed by atoms with E-state index in [1.807, 2.05) is 7.05 Å². The van der Waals surface area contributed by atoms with E-state index in [0.29, 0.717) is 5.92 Å². The van der Waals surface area contributed by atoms with Gasteiger partial charge in [-0.25, -0.2) is 4.98 Å². The molecule has 0 atom stereocenters. The molecule has 0 radical (unpaired) electrons. The number of fused-ring (bicyclic) bond motifs is 1. The highest BCUT2D eigenvalue weighted by atomic mass is 32.1. The lowest BCUT2D eigenvalue weighted by molar-refractivity contribution is 0.444. The number of anilines is 1. The minimum Gasteiger partial charge on any atom is -0.374 e. The number of hydrogen-bond donors (Lipinski definition) is 2. The van der Waals surface area contributed by atoms with Crippen LogP contribution in [0.2, 0.25) is 0 Å². The number of benzene rings is 1. The van der Waals surface area contributed by atoms with Crippen molar-refractivity contribution in [3.63, 3.8) is 0 Å². The fourth-order valence-electron chi connectivity index (χ4n) is 3.58. The van der Waals surface area contributed by atoms with E-state index in [1.165, 1.54) is 47.9 Å². The van der Waals surface area contributed by atoms with E-state index in [1.54, 1.807) is 11.3 Å². The van der Waals surface area contributed by atoms with Crippen molar-refractivity contribution in [2.75, 3.05) is 12.4 Å². The molecule has 4 rings (SSSR count). The van der Waals surface area contributed by atoms with Gasteiger partial charge >= 0.3 is 0 Å². The Hall–Kier alpha value is -1.81. The highest BCUT2D eigenvalue weighted by Crippen LogP contribution is 2.43. The fourth-order valence-corrected chi connectivity index (χ4v) is 4.62. The van der Waals surface area contributed by atoms with Gasteiger partial charge in [0, 0.05) is 13.2 Å². The van der Waals surface area contributed by atoms with Gasteiger partial charge in [-0.05, 0) is 36.5 Å². The van der Waals surface area contributed by atoms with Crippen LogP contribution in [0, 0.1) is 0 Å². The van der Waals surface area contributed by atoms with Gasteiger partial charge in [-0.1, -0.05) is 31.4 Å². The van der Waals surface area contributed by atoms with Gasteiger partial charge in [-0.15, -0.1) is 11.3 Å². The van der Waals surface area contributed by atoms with Crippen molar-refractivity contribution >= 4 is 27.4 Å². The summed E-state index contributed by atoms with van der Waals surface area (Å²) in [6.45, 7) is 0. The molecular weight excluding hydrogens is 290 g/mol. The molecule has 4 heteroatoms. The third kappa shape index (κ3) is 2.31. The van der Waals surface area contributed by atoms with E-state index in [2.05, 4.69) is 40.8 Å². The number of aromatic nitrogens is 2. The highest BCUT2D eigenvalue weighted by Gasteiger charge is 2.24. The predicted molar refractivity (Wildman–Crippen MR) is 94.8 cm³/mol. The number of rotatable bonds is 3. The van der Waals surface area contributed by atoms with E-state index in [-0.39, 0.29) is 0 Å². The van der Waals surface area contributed by atoms with Crippen molar-refractivity contribution in [3.8, 4) is 10.6 Å². The summed E-state index contributed by atoms with van der Waals surface area (Å²) in [6.07, 6.45) is 8.89. The summed E-state index contributed by atoms with van der Waals surface area (Å²) in [5.74, 6) is 1.77. The van der Waals surface area contributed by atoms with Gasteiger partial charge in [-0.3, -0.25) is 0 Å². The van der Waals surface area contributed by atoms with E-state index in [0.717, 1.165) is 16.3 Å². The first-order valence-corrected chi connectivity index (χ1v) is 8.93. The molecule has 0 bridgehead atoms. The second kappa shape index (κ2) is 5.76. The number of hydrogen-bond acceptors (Lipinski definition) is 3. The molecule has 2 aromatic heterocycles. The number of thiazole rings is 1. The smallest absolute Gasteiger partial charge is 0.128 e. The van der Waals surface area contributed by atoms with Crippen LogP contribution >= 0.6 is 11.3 Å². The molecule has 114 valence electrons. The molecule has 1 aliphatic rings. The summed E-state index contributed by atoms with van der Waals surface area (Å²) in [7, 11) is 1.98. The lowest BCUT2D eigenvalue weighted by Crippen LogP contribution is -2.05. The standard InChI is InChI=1S/C18H21N3S/c1-19-17-16(13(11-20-17)12-7-3-2-4-8-12)18-21-14-9-5-6-10-15(14)22-18/h5-6,9-12,19-20H,2-4,7-8H2,1H3. The summed E-state index contributed by atoms with van der Waals surface area (Å²) in [6, 6.07) is 8.40. The van der Waals surface area contributed by atoms with E-state index in [9.17, 15) is 0 Å². The highest BCUT2D eigenvalue weighted by molar-refractivity contribution is 7.21. The Morgan fingerprint density at radius 1 is 1.18 bits per heavy atom. The van der Waals surface area contributed by atoms with Crippen LogP contribution in [0.1, 0.15) is 43.6 Å². The van der Waals surface area contributed by atoms with Gasteiger partial charge in [0.1, 0.15) is 10.8 Å². The first-order chi connectivity index (χ1) is 10.9. The van der Waals surface area contributed by atoms with Crippen LogP contribution in [0.15, 0.2) is 30.5 Å². The number of nitrogens with zero attached hydrogens (tertiary/aromatic N) is 1. The molecule has 3 aromatic rings. The Morgan fingerprint density at radius 3 is 2.77 bits per heavy atom. The lowest BCUT2D eigenvalue weighted by Gasteiger charge is -2.22. The monoisotopic (exact) mass is 311 g/mol. The van der Waals surface area contributed by atoms with Crippen molar-refractivity contribution in [1.82, 2.24) is 9.97 Å². The topological polar surface area (TPSA) is 40.7 Å². The maximum atomic E-state index is 4.88. The molecule has 22 heavy (non-hydrogen) atoms. The van der Waals surface area contributed by atoms with Crippen LogP contribution in [0.4, 0.5) is 5.82 Å². The summed E-state index contributed by atoms with van der Waals surface area (Å²) >= 11 is 1.79. The summed E-state index contributed by atoms with van der Waals surface area (Å²) in [4.78, 5) is 8.30. The largest absolute Gasteiger partial charge is 0.374 e. The Labute approximate surface area is 134 Å². The Bertz CT molecular complexity index is 748. The van der Waals surface area contributed by atoms with Gasteiger partial charge in [0.25, 0.3) is 0 Å². The third-order valence-corrected chi connectivity index (χ3v) is 5.77. The maximum absolute atomic E-state index is 4.88. The lowest BCUT2D eigenvalue weighted by atomic mass is 9.83. The normalized spacial score (nSPS) is 16.2. The average Bonchev–Trinajstić information content (AvgIpc) is 3.18. The van der Waals surface area contributed by atoms with Gasteiger partial charge in [0.2, 0.25) is 0 Å². The molecule has 1 aromatic carbocycles. The number of aromatic amines is 1. The van der Waals surface area contributed by atoms with Crippen LogP contribution < -0.4 is 5.32 Å². The SMILES string of the molecule is CNc1[nH]cc(C2CCCCC2)c1-c1nc2ccccc2s1. The number of nitrogens with one attached hydrogen (secondary N) is 2. The Kier molecular flexibility index (Phi) is 3.62. The Morgan fingerprint density at radius 2 is 2.00 bits per heavy atom. The second-order valence-electron chi connectivity index (χ2n) is 6.07. The molecule has 1 aliphatic carbocycles. The first-order valence-electron chi connectivity index (χ1n) is 8.12. The van der Waals surface area contributed by atoms with Crippen molar-refractivity contribution < 1.29 is 0 Å². The second-order valence-corrected chi connectivity index (χ2v) is 7.10. The van der Waals surface area contributed by atoms with E-state index in [4.69, 9.17) is 4.98 Å². The van der Waals surface area contributed by atoms with Gasteiger partial charge in [0.15, 0.2) is 0 Å². The third-order valence-electron chi connectivity index (χ3n) is 4.71. The van der Waals surface area contributed by atoms with Crippen molar-refractivity contribution in [3.05, 3.63) is 36.0 Å². The minimum atomic E-state index is 0.675. The van der Waals surface area contributed by atoms with Crippen molar-refractivity contribution in [2.24, 2.45) is 0 Å². The van der Waals surface area contributed by atoms with Gasteiger partial charge in [0.05, 0.1) is 15.8 Å². The first kappa shape index (κ1) is 13.8. The predicted octanol–water partition coefficient (Wildman–Crippen LogP) is 5.38. The minimum absolute atomic E-state index is 0.675. The molecular formula is C18H21N3S. The average molecular weight is 311 g/mol. The van der Waals surface area contributed by atoms with Crippen LogP contribution in [-0.2, 0) is 0 Å². The number of para-hydroxylation sites is 1. The molecule has 2 heterocycles. The van der Waals surface area contributed by atoms with Gasteiger partial charge in [-0.2, -0.15) is 0 Å². The van der Waals surface area contributed by atoms with Gasteiger partial charge < -0.3 is 10.3 Å². The molecule has 1 fully saturated rings. The molecule has 1 saturated carbocycles. The number of H-pyrrole nitrogens is 1. The van der Waals surface area contributed by atoms with Crippen molar-refractivity contribution in [1.29, 1.82) is 0 Å². The van der Waals surface area contributed by atoms with E-state index < -0.39 is 0 Å². The van der Waals surface area contributed by atoms with Crippen LogP contribution in [0.5, 0.6) is 0 Å². The van der Waals surface area contributed by atoms with E-state index >= 15 is 0 Å². The van der Waals surface area contributed by atoms with Crippen LogP contribution in [0.25, 0.3) is 20.8 Å². The van der Waals surface area contributed by atoms with Crippen LogP contribution in [-0.4, -0.2) is 17.0 Å². The summed E-state index contributed by atoms with van der Waals surface area (Å²) < 4.78 is 1.26. The zero-order valence-corrected chi connectivity index (χ0v) is 13.7. The quantitative estimate of drug-likeness (QED) is 0.681. The van der Waals surface area contributed by atoms with Crippen molar-refractivity contribution in [2.45, 2.75) is 38.0 Å². The Balaban J connectivity index is 1.83. The molecule has 3 nitrogen and oxygen atoms in total.